The average molecular weight is 418 g/mol. The first-order chi connectivity index (χ1) is 13.8. The summed E-state index contributed by atoms with van der Waals surface area (Å²) < 4.78 is 41.2. The molecule has 0 aromatic heterocycles. The summed E-state index contributed by atoms with van der Waals surface area (Å²) in [4.78, 5) is 12.6. The van der Waals surface area contributed by atoms with Gasteiger partial charge in [0.1, 0.15) is 5.82 Å². The fraction of sp³-hybridized carbons (Fsp3) is 0.381. The quantitative estimate of drug-likeness (QED) is 0.784. The SMILES string of the molecule is CN(Cc1ccc(F)cc1)S(=O)(=O)NC(=O)Nc1c2c(cc3c1CCC3)CCC2. The average Bonchev–Trinajstić information content (AvgIpc) is 3.32. The van der Waals surface area contributed by atoms with Crippen molar-refractivity contribution in [2.45, 2.75) is 45.1 Å². The van der Waals surface area contributed by atoms with Crippen LogP contribution in [0.1, 0.15) is 40.7 Å². The number of aryl methyl sites for hydroxylation is 2. The van der Waals surface area contributed by atoms with Gasteiger partial charge < -0.3 is 5.32 Å². The molecule has 2 amide bonds. The van der Waals surface area contributed by atoms with Gasteiger partial charge in [0.2, 0.25) is 0 Å². The first-order valence-electron chi connectivity index (χ1n) is 9.79. The van der Waals surface area contributed by atoms with Crippen molar-refractivity contribution in [3.8, 4) is 0 Å². The summed E-state index contributed by atoms with van der Waals surface area (Å²) in [6.07, 6.45) is 5.89. The van der Waals surface area contributed by atoms with Crippen molar-refractivity contribution in [3.63, 3.8) is 0 Å². The normalized spacial score (nSPS) is 15.3. The number of anilines is 1. The summed E-state index contributed by atoms with van der Waals surface area (Å²) in [5, 5.41) is 2.82. The fourth-order valence-electron chi connectivity index (χ4n) is 4.23. The number of benzene rings is 2. The summed E-state index contributed by atoms with van der Waals surface area (Å²) in [5.41, 5.74) is 6.21. The van der Waals surface area contributed by atoms with Crippen LogP contribution in [0.5, 0.6) is 0 Å². The molecule has 2 aromatic rings. The molecule has 0 bridgehead atoms. The van der Waals surface area contributed by atoms with Crippen molar-refractivity contribution in [2.24, 2.45) is 0 Å². The highest BCUT2D eigenvalue weighted by Gasteiger charge is 2.27. The van der Waals surface area contributed by atoms with Crippen molar-refractivity contribution in [3.05, 3.63) is 64.0 Å². The lowest BCUT2D eigenvalue weighted by Gasteiger charge is -2.20. The second kappa shape index (κ2) is 7.76. The third kappa shape index (κ3) is 4.13. The molecule has 0 atom stereocenters. The molecule has 8 heteroatoms. The minimum atomic E-state index is -4.04. The molecule has 0 radical (unpaired) electrons. The van der Waals surface area contributed by atoms with Gasteiger partial charge in [0.15, 0.2) is 0 Å². The van der Waals surface area contributed by atoms with Crippen molar-refractivity contribution >= 4 is 21.9 Å². The van der Waals surface area contributed by atoms with Crippen LogP contribution in [0.4, 0.5) is 14.9 Å². The first-order valence-corrected chi connectivity index (χ1v) is 11.2. The largest absolute Gasteiger partial charge is 0.333 e. The second-order valence-corrected chi connectivity index (χ2v) is 9.46. The van der Waals surface area contributed by atoms with Gasteiger partial charge in [0.25, 0.3) is 0 Å². The third-order valence-electron chi connectivity index (χ3n) is 5.66. The Labute approximate surface area is 170 Å². The predicted octanol–water partition coefficient (Wildman–Crippen LogP) is 3.30. The van der Waals surface area contributed by atoms with Crippen LogP contribution in [-0.2, 0) is 42.4 Å². The van der Waals surface area contributed by atoms with Crippen LogP contribution < -0.4 is 10.0 Å². The first kappa shape index (κ1) is 19.8. The van der Waals surface area contributed by atoms with Gasteiger partial charge in [-0.15, -0.1) is 0 Å². The minimum Gasteiger partial charge on any atom is -0.307 e. The van der Waals surface area contributed by atoms with Crippen molar-refractivity contribution < 1.29 is 17.6 Å². The van der Waals surface area contributed by atoms with Gasteiger partial charge in [-0.2, -0.15) is 12.7 Å². The topological polar surface area (TPSA) is 78.5 Å². The number of carbonyl (C=O) groups is 1. The Bertz CT molecular complexity index is 1020. The Balaban J connectivity index is 1.48. The van der Waals surface area contributed by atoms with E-state index in [-0.39, 0.29) is 12.4 Å². The third-order valence-corrected chi connectivity index (χ3v) is 7.06. The molecular weight excluding hydrogens is 393 g/mol. The second-order valence-electron chi connectivity index (χ2n) is 7.68. The lowest BCUT2D eigenvalue weighted by atomic mass is 9.99. The van der Waals surface area contributed by atoms with E-state index >= 15 is 0 Å². The standard InChI is InChI=1S/C21H24FN3O3S/c1-25(13-14-8-10-17(22)11-9-14)29(27,28)24-21(26)23-20-18-6-2-4-15(18)12-16-5-3-7-19(16)20/h8-12H,2-7,13H2,1H3,(H2,23,24,26). The number of urea groups is 1. The Morgan fingerprint density at radius 3 is 2.21 bits per heavy atom. The molecule has 0 unspecified atom stereocenters. The van der Waals surface area contributed by atoms with E-state index in [1.165, 1.54) is 42.4 Å². The predicted molar refractivity (Wildman–Crippen MR) is 109 cm³/mol. The minimum absolute atomic E-state index is 0.0268. The number of amides is 2. The number of nitrogens with zero attached hydrogens (tertiary/aromatic N) is 1. The highest BCUT2D eigenvalue weighted by atomic mass is 32.2. The van der Waals surface area contributed by atoms with Gasteiger partial charge in [0.05, 0.1) is 0 Å². The van der Waals surface area contributed by atoms with E-state index in [1.807, 2.05) is 0 Å². The molecule has 2 aliphatic carbocycles. The maximum Gasteiger partial charge on any atom is 0.333 e. The van der Waals surface area contributed by atoms with E-state index in [1.54, 1.807) is 0 Å². The Kier molecular flexibility index (Phi) is 5.31. The summed E-state index contributed by atoms with van der Waals surface area (Å²) in [7, 11) is -2.67. The van der Waals surface area contributed by atoms with Crippen molar-refractivity contribution in [2.75, 3.05) is 12.4 Å². The van der Waals surface area contributed by atoms with E-state index < -0.39 is 16.2 Å². The summed E-state index contributed by atoms with van der Waals surface area (Å²) in [5.74, 6) is -0.389. The number of fused-ring (bicyclic) bond motifs is 2. The maximum atomic E-state index is 13.0. The van der Waals surface area contributed by atoms with Crippen molar-refractivity contribution in [1.82, 2.24) is 9.03 Å². The molecule has 0 saturated heterocycles. The number of halogens is 1. The molecule has 4 rings (SSSR count). The lowest BCUT2D eigenvalue weighted by molar-refractivity contribution is 0.256. The molecule has 154 valence electrons. The van der Waals surface area contributed by atoms with Gasteiger partial charge in [-0.1, -0.05) is 18.2 Å². The molecule has 0 aliphatic heterocycles. The van der Waals surface area contributed by atoms with Crippen LogP contribution in [0.2, 0.25) is 0 Å². The van der Waals surface area contributed by atoms with E-state index in [0.717, 1.165) is 59.6 Å². The van der Waals surface area contributed by atoms with Crippen LogP contribution >= 0.6 is 0 Å². The zero-order chi connectivity index (χ0) is 20.6. The van der Waals surface area contributed by atoms with Gasteiger partial charge in [0, 0.05) is 19.3 Å². The summed E-state index contributed by atoms with van der Waals surface area (Å²) in [6, 6.07) is 7.06. The van der Waals surface area contributed by atoms with E-state index in [4.69, 9.17) is 0 Å². The number of rotatable bonds is 5. The van der Waals surface area contributed by atoms with E-state index in [0.29, 0.717) is 5.56 Å². The number of nitrogens with one attached hydrogen (secondary N) is 2. The molecular formula is C21H24FN3O3S. The smallest absolute Gasteiger partial charge is 0.307 e. The highest BCUT2D eigenvalue weighted by molar-refractivity contribution is 7.87. The molecule has 29 heavy (non-hydrogen) atoms. The number of carbonyl (C=O) groups excluding carboxylic acids is 1. The fourth-order valence-corrected chi connectivity index (χ4v) is 4.99. The molecule has 2 N–H and O–H groups in total. The number of hydrogen-bond donors (Lipinski definition) is 2. The van der Waals surface area contributed by atoms with Crippen molar-refractivity contribution in [1.29, 1.82) is 0 Å². The monoisotopic (exact) mass is 417 g/mol. The van der Waals surface area contributed by atoms with Crippen LogP contribution in [0.25, 0.3) is 0 Å². The van der Waals surface area contributed by atoms with Crippen LogP contribution in [-0.4, -0.2) is 25.8 Å². The molecule has 2 aliphatic rings. The summed E-state index contributed by atoms with van der Waals surface area (Å²) in [6.45, 7) is 0.0268. The zero-order valence-corrected chi connectivity index (χ0v) is 17.1. The molecule has 0 saturated carbocycles. The van der Waals surface area contributed by atoms with E-state index in [2.05, 4.69) is 16.1 Å². The molecule has 2 aromatic carbocycles. The van der Waals surface area contributed by atoms with Gasteiger partial charge >= 0.3 is 16.2 Å². The molecule has 0 spiro atoms. The Hall–Kier alpha value is -2.45. The van der Waals surface area contributed by atoms with Crippen LogP contribution in [0.15, 0.2) is 30.3 Å². The summed E-state index contributed by atoms with van der Waals surface area (Å²) >= 11 is 0. The van der Waals surface area contributed by atoms with Crippen LogP contribution in [0, 0.1) is 5.82 Å². The van der Waals surface area contributed by atoms with Gasteiger partial charge in [-0.25, -0.2) is 13.9 Å². The zero-order valence-electron chi connectivity index (χ0n) is 16.3. The Morgan fingerprint density at radius 2 is 1.62 bits per heavy atom. The molecule has 6 nitrogen and oxygen atoms in total. The maximum absolute atomic E-state index is 13.0. The Morgan fingerprint density at radius 1 is 1.03 bits per heavy atom. The van der Waals surface area contributed by atoms with Gasteiger partial charge in [-0.3, -0.25) is 0 Å². The van der Waals surface area contributed by atoms with E-state index in [9.17, 15) is 17.6 Å². The molecule has 0 heterocycles. The number of hydrogen-bond acceptors (Lipinski definition) is 3. The van der Waals surface area contributed by atoms with Crippen LogP contribution in [0.3, 0.4) is 0 Å². The van der Waals surface area contributed by atoms with Gasteiger partial charge in [-0.05, 0) is 78.5 Å². The lowest BCUT2D eigenvalue weighted by Crippen LogP contribution is -2.43. The molecule has 0 fully saturated rings. The highest BCUT2D eigenvalue weighted by Crippen LogP contribution is 2.38.